The third-order valence-corrected chi connectivity index (χ3v) is 4.85. The lowest BCUT2D eigenvalue weighted by molar-refractivity contribution is 0.0748. The van der Waals surface area contributed by atoms with Gasteiger partial charge in [-0.1, -0.05) is 27.6 Å². The number of nitrogens with zero attached hydrogens (tertiary/aromatic N) is 1. The van der Waals surface area contributed by atoms with Gasteiger partial charge in [0, 0.05) is 22.9 Å². The van der Waals surface area contributed by atoms with Gasteiger partial charge in [0.1, 0.15) is 0 Å². The molecule has 0 atom stereocenters. The van der Waals surface area contributed by atoms with E-state index in [1.807, 2.05) is 37.1 Å². The zero-order valence-electron chi connectivity index (χ0n) is 10.6. The maximum absolute atomic E-state index is 12.4. The van der Waals surface area contributed by atoms with Crippen LogP contribution in [0.15, 0.2) is 22.7 Å². The minimum Gasteiger partial charge on any atom is -0.341 e. The standard InChI is InChI=1S/C14H17Br2NO/c1-9-3-4-13(16)12(5-9)14(18)17(2)8-10-6-11(15)7-10/h3-5,10-11H,6-8H2,1-2H3. The van der Waals surface area contributed by atoms with Gasteiger partial charge < -0.3 is 4.90 Å². The molecule has 0 heterocycles. The maximum Gasteiger partial charge on any atom is 0.254 e. The van der Waals surface area contributed by atoms with Crippen molar-refractivity contribution in [1.82, 2.24) is 4.90 Å². The molecular formula is C14H17Br2NO. The average Bonchev–Trinajstić information content (AvgIpc) is 2.29. The van der Waals surface area contributed by atoms with Crippen molar-refractivity contribution in [3.05, 3.63) is 33.8 Å². The van der Waals surface area contributed by atoms with Crippen LogP contribution in [-0.4, -0.2) is 29.2 Å². The quantitative estimate of drug-likeness (QED) is 0.732. The fourth-order valence-electron chi connectivity index (χ4n) is 2.28. The van der Waals surface area contributed by atoms with Gasteiger partial charge in [-0.05, 0) is 53.7 Å². The Labute approximate surface area is 125 Å². The predicted octanol–water partition coefficient (Wildman–Crippen LogP) is 4.00. The zero-order valence-corrected chi connectivity index (χ0v) is 13.8. The molecular weight excluding hydrogens is 358 g/mol. The molecule has 0 bridgehead atoms. The van der Waals surface area contributed by atoms with Gasteiger partial charge in [-0.15, -0.1) is 0 Å². The van der Waals surface area contributed by atoms with Crippen LogP contribution in [0.5, 0.6) is 0 Å². The van der Waals surface area contributed by atoms with E-state index in [0.717, 1.165) is 22.1 Å². The largest absolute Gasteiger partial charge is 0.341 e. The van der Waals surface area contributed by atoms with E-state index in [-0.39, 0.29) is 5.91 Å². The lowest BCUT2D eigenvalue weighted by atomic mass is 9.85. The van der Waals surface area contributed by atoms with Gasteiger partial charge in [-0.2, -0.15) is 0 Å². The summed E-state index contributed by atoms with van der Waals surface area (Å²) in [6.07, 6.45) is 2.35. The van der Waals surface area contributed by atoms with Gasteiger partial charge >= 0.3 is 0 Å². The van der Waals surface area contributed by atoms with Gasteiger partial charge in [0.25, 0.3) is 5.91 Å². The third-order valence-electron chi connectivity index (χ3n) is 3.41. The molecule has 1 aliphatic carbocycles. The lowest BCUT2D eigenvalue weighted by Crippen LogP contribution is -2.37. The molecule has 2 nitrogen and oxygen atoms in total. The lowest BCUT2D eigenvalue weighted by Gasteiger charge is -2.34. The zero-order chi connectivity index (χ0) is 13.3. The number of amides is 1. The predicted molar refractivity (Wildman–Crippen MR) is 81.3 cm³/mol. The van der Waals surface area contributed by atoms with Crippen molar-refractivity contribution < 1.29 is 4.79 Å². The molecule has 1 aromatic rings. The molecule has 18 heavy (non-hydrogen) atoms. The molecule has 2 rings (SSSR count). The Balaban J connectivity index is 2.03. The number of aryl methyl sites for hydroxylation is 1. The fourth-order valence-corrected chi connectivity index (χ4v) is 3.76. The van der Waals surface area contributed by atoms with Crippen LogP contribution >= 0.6 is 31.9 Å². The molecule has 0 unspecified atom stereocenters. The second-order valence-electron chi connectivity index (χ2n) is 5.10. The minimum absolute atomic E-state index is 0.101. The molecule has 98 valence electrons. The molecule has 0 radical (unpaired) electrons. The van der Waals surface area contributed by atoms with Crippen LogP contribution in [0.1, 0.15) is 28.8 Å². The van der Waals surface area contributed by atoms with E-state index in [4.69, 9.17) is 0 Å². The highest BCUT2D eigenvalue weighted by Gasteiger charge is 2.29. The van der Waals surface area contributed by atoms with Crippen molar-refractivity contribution >= 4 is 37.8 Å². The Morgan fingerprint density at radius 1 is 1.44 bits per heavy atom. The van der Waals surface area contributed by atoms with Crippen molar-refractivity contribution in [2.24, 2.45) is 5.92 Å². The van der Waals surface area contributed by atoms with Crippen LogP contribution in [-0.2, 0) is 0 Å². The van der Waals surface area contributed by atoms with Crippen molar-refractivity contribution in [1.29, 1.82) is 0 Å². The molecule has 1 aliphatic rings. The van der Waals surface area contributed by atoms with E-state index >= 15 is 0 Å². The molecule has 0 spiro atoms. The van der Waals surface area contributed by atoms with E-state index in [1.54, 1.807) is 0 Å². The van der Waals surface area contributed by atoms with Crippen LogP contribution < -0.4 is 0 Å². The Morgan fingerprint density at radius 3 is 2.72 bits per heavy atom. The van der Waals surface area contributed by atoms with Gasteiger partial charge in [-0.25, -0.2) is 0 Å². The summed E-state index contributed by atoms with van der Waals surface area (Å²) in [7, 11) is 1.89. The molecule has 0 saturated heterocycles. The first-order chi connectivity index (χ1) is 8.47. The number of rotatable bonds is 3. The van der Waals surface area contributed by atoms with E-state index in [0.29, 0.717) is 10.7 Å². The van der Waals surface area contributed by atoms with Crippen molar-refractivity contribution in [3.8, 4) is 0 Å². The number of carbonyl (C=O) groups is 1. The van der Waals surface area contributed by atoms with E-state index in [1.165, 1.54) is 12.8 Å². The normalized spacial score (nSPS) is 22.4. The van der Waals surface area contributed by atoms with Crippen LogP contribution in [0.25, 0.3) is 0 Å². The van der Waals surface area contributed by atoms with Gasteiger partial charge in [0.05, 0.1) is 5.56 Å². The van der Waals surface area contributed by atoms with Crippen molar-refractivity contribution in [3.63, 3.8) is 0 Å². The maximum atomic E-state index is 12.4. The monoisotopic (exact) mass is 373 g/mol. The summed E-state index contributed by atoms with van der Waals surface area (Å²) in [5.74, 6) is 0.746. The summed E-state index contributed by atoms with van der Waals surface area (Å²) in [5.41, 5.74) is 1.87. The highest BCUT2D eigenvalue weighted by molar-refractivity contribution is 9.10. The Bertz CT molecular complexity index is 455. The van der Waals surface area contributed by atoms with E-state index in [9.17, 15) is 4.79 Å². The molecule has 1 fully saturated rings. The molecule has 1 saturated carbocycles. The van der Waals surface area contributed by atoms with Gasteiger partial charge in [0.15, 0.2) is 0 Å². The highest BCUT2D eigenvalue weighted by atomic mass is 79.9. The van der Waals surface area contributed by atoms with Crippen molar-refractivity contribution in [2.75, 3.05) is 13.6 Å². The SMILES string of the molecule is Cc1ccc(Br)c(C(=O)N(C)CC2CC(Br)C2)c1. The Morgan fingerprint density at radius 2 is 2.11 bits per heavy atom. The van der Waals surface area contributed by atoms with Crippen LogP contribution in [0.4, 0.5) is 0 Å². The van der Waals surface area contributed by atoms with Crippen LogP contribution in [0, 0.1) is 12.8 Å². The smallest absolute Gasteiger partial charge is 0.254 e. The van der Waals surface area contributed by atoms with E-state index < -0.39 is 0 Å². The number of hydrogen-bond donors (Lipinski definition) is 0. The van der Waals surface area contributed by atoms with Gasteiger partial charge in [0.2, 0.25) is 0 Å². The van der Waals surface area contributed by atoms with E-state index in [2.05, 4.69) is 31.9 Å². The third kappa shape index (κ3) is 3.15. The first-order valence-corrected chi connectivity index (χ1v) is 7.84. The number of hydrogen-bond acceptors (Lipinski definition) is 1. The second kappa shape index (κ2) is 5.74. The first-order valence-electron chi connectivity index (χ1n) is 6.13. The Kier molecular flexibility index (Phi) is 4.49. The second-order valence-corrected chi connectivity index (χ2v) is 7.25. The number of halogens is 2. The summed E-state index contributed by atoms with van der Waals surface area (Å²) < 4.78 is 0.872. The summed E-state index contributed by atoms with van der Waals surface area (Å²) in [6.45, 7) is 2.85. The summed E-state index contributed by atoms with van der Waals surface area (Å²) in [6, 6.07) is 5.88. The molecule has 0 aromatic heterocycles. The molecule has 4 heteroatoms. The average molecular weight is 375 g/mol. The summed E-state index contributed by atoms with van der Waals surface area (Å²) in [5, 5.41) is 0. The molecule has 0 aliphatic heterocycles. The highest BCUT2D eigenvalue weighted by Crippen LogP contribution is 2.34. The first kappa shape index (κ1) is 14.1. The fraction of sp³-hybridized carbons (Fsp3) is 0.500. The van der Waals surface area contributed by atoms with Crippen LogP contribution in [0.3, 0.4) is 0 Å². The summed E-state index contributed by atoms with van der Waals surface area (Å²) in [4.78, 5) is 14.8. The Hall–Kier alpha value is -0.350. The minimum atomic E-state index is 0.101. The number of alkyl halides is 1. The molecule has 1 amide bonds. The number of carbonyl (C=O) groups excluding carboxylic acids is 1. The molecule has 1 aromatic carbocycles. The topological polar surface area (TPSA) is 20.3 Å². The number of benzene rings is 1. The molecule has 0 N–H and O–H groups in total. The van der Waals surface area contributed by atoms with Crippen LogP contribution in [0.2, 0.25) is 0 Å². The van der Waals surface area contributed by atoms with Gasteiger partial charge in [-0.3, -0.25) is 4.79 Å². The van der Waals surface area contributed by atoms with Crippen molar-refractivity contribution in [2.45, 2.75) is 24.6 Å². The summed E-state index contributed by atoms with van der Waals surface area (Å²) >= 11 is 7.03.